The molecule has 0 aliphatic rings. The van der Waals surface area contributed by atoms with E-state index in [9.17, 15) is 14.7 Å². The lowest BCUT2D eigenvalue weighted by Crippen LogP contribution is -2.48. The average molecular weight is 327 g/mol. The van der Waals surface area contributed by atoms with Crippen LogP contribution in [0.25, 0.3) is 0 Å². The van der Waals surface area contributed by atoms with Crippen molar-refractivity contribution in [2.45, 2.75) is 59.1 Å². The van der Waals surface area contributed by atoms with Crippen LogP contribution in [-0.4, -0.2) is 34.1 Å². The number of nitrogens with one attached hydrogen (secondary N) is 2. The van der Waals surface area contributed by atoms with Crippen molar-refractivity contribution in [2.24, 2.45) is 5.92 Å². The molecule has 2 atom stereocenters. The summed E-state index contributed by atoms with van der Waals surface area (Å²) in [6, 6.07) is -0.688. The first-order chi connectivity index (χ1) is 10.3. The Bertz CT molecular complexity index is 514. The van der Waals surface area contributed by atoms with E-state index >= 15 is 0 Å². The zero-order valence-electron chi connectivity index (χ0n) is 13.7. The van der Waals surface area contributed by atoms with Gasteiger partial charge in [-0.1, -0.05) is 34.6 Å². The SMILES string of the molecule is CC[C@H](NC(=O)[C@@H](O)C(C)C)C(=O)Nc1ncc(C(C)C)s1. The van der Waals surface area contributed by atoms with Gasteiger partial charge in [0, 0.05) is 11.1 Å². The third-order valence-corrected chi connectivity index (χ3v) is 4.48. The zero-order chi connectivity index (χ0) is 16.9. The summed E-state index contributed by atoms with van der Waals surface area (Å²) in [6.45, 7) is 9.40. The molecule has 0 saturated heterocycles. The molecule has 0 aromatic carbocycles. The fourth-order valence-electron chi connectivity index (χ4n) is 1.72. The summed E-state index contributed by atoms with van der Waals surface area (Å²) in [5, 5.41) is 15.5. The molecule has 0 bridgehead atoms. The Kier molecular flexibility index (Phi) is 6.96. The van der Waals surface area contributed by atoms with Gasteiger partial charge >= 0.3 is 0 Å². The van der Waals surface area contributed by atoms with Crippen LogP contribution in [0.15, 0.2) is 6.20 Å². The summed E-state index contributed by atoms with van der Waals surface area (Å²) in [4.78, 5) is 29.3. The number of carbonyl (C=O) groups excluding carboxylic acids is 2. The molecule has 2 amide bonds. The normalized spacial score (nSPS) is 14.0. The molecule has 1 aromatic heterocycles. The van der Waals surface area contributed by atoms with Crippen molar-refractivity contribution in [3.8, 4) is 0 Å². The van der Waals surface area contributed by atoms with E-state index in [1.807, 2.05) is 0 Å². The van der Waals surface area contributed by atoms with Gasteiger partial charge in [-0.2, -0.15) is 0 Å². The Morgan fingerprint density at radius 2 is 1.91 bits per heavy atom. The molecule has 3 N–H and O–H groups in total. The van der Waals surface area contributed by atoms with Gasteiger partial charge in [-0.3, -0.25) is 9.59 Å². The molecule has 0 aliphatic carbocycles. The number of aliphatic hydroxyl groups excluding tert-OH is 1. The summed E-state index contributed by atoms with van der Waals surface area (Å²) >= 11 is 1.42. The largest absolute Gasteiger partial charge is 0.383 e. The number of aromatic nitrogens is 1. The molecule has 1 aromatic rings. The Balaban J connectivity index is 2.66. The standard InChI is InChI=1S/C15H25N3O3S/c1-6-10(17-14(21)12(19)9(4)5)13(20)18-15-16-7-11(22-15)8(2)3/h7-10,12,19H,6H2,1-5H3,(H,17,21)(H,16,18,20)/t10-,12-/m0/s1. The van der Waals surface area contributed by atoms with Crippen molar-refractivity contribution in [1.29, 1.82) is 0 Å². The van der Waals surface area contributed by atoms with Crippen LogP contribution in [0, 0.1) is 5.92 Å². The number of thiazole rings is 1. The van der Waals surface area contributed by atoms with E-state index in [1.165, 1.54) is 11.3 Å². The van der Waals surface area contributed by atoms with Gasteiger partial charge in [-0.15, -0.1) is 11.3 Å². The maximum atomic E-state index is 12.2. The number of hydrogen-bond acceptors (Lipinski definition) is 5. The smallest absolute Gasteiger partial charge is 0.249 e. The molecule has 0 fully saturated rings. The molecule has 0 unspecified atom stereocenters. The van der Waals surface area contributed by atoms with Gasteiger partial charge in [0.05, 0.1) is 0 Å². The van der Waals surface area contributed by atoms with Crippen molar-refractivity contribution in [3.05, 3.63) is 11.1 Å². The van der Waals surface area contributed by atoms with Crippen LogP contribution in [0.1, 0.15) is 51.8 Å². The summed E-state index contributed by atoms with van der Waals surface area (Å²) in [7, 11) is 0. The summed E-state index contributed by atoms with van der Waals surface area (Å²) in [5.74, 6) is -0.699. The predicted octanol–water partition coefficient (Wildman–Crippen LogP) is 2.12. The predicted molar refractivity (Wildman–Crippen MR) is 87.9 cm³/mol. The van der Waals surface area contributed by atoms with Crippen LogP contribution >= 0.6 is 11.3 Å². The lowest BCUT2D eigenvalue weighted by atomic mass is 10.1. The fourth-order valence-corrected chi connectivity index (χ4v) is 2.54. The molecule has 22 heavy (non-hydrogen) atoms. The van der Waals surface area contributed by atoms with Gasteiger partial charge in [0.25, 0.3) is 0 Å². The minimum atomic E-state index is -1.12. The Labute approximate surface area is 135 Å². The van der Waals surface area contributed by atoms with E-state index in [-0.39, 0.29) is 11.8 Å². The van der Waals surface area contributed by atoms with Gasteiger partial charge in [0.1, 0.15) is 12.1 Å². The van der Waals surface area contributed by atoms with Crippen LogP contribution in [0.4, 0.5) is 5.13 Å². The molecule has 0 saturated carbocycles. The van der Waals surface area contributed by atoms with Crippen molar-refractivity contribution in [3.63, 3.8) is 0 Å². The molecule has 6 nitrogen and oxygen atoms in total. The zero-order valence-corrected chi connectivity index (χ0v) is 14.5. The summed E-state index contributed by atoms with van der Waals surface area (Å²) < 4.78 is 0. The average Bonchev–Trinajstić information content (AvgIpc) is 2.91. The van der Waals surface area contributed by atoms with Crippen molar-refractivity contribution in [2.75, 3.05) is 5.32 Å². The van der Waals surface area contributed by atoms with Gasteiger partial charge in [-0.05, 0) is 18.3 Å². The maximum Gasteiger partial charge on any atom is 0.249 e. The first-order valence-corrected chi connectivity index (χ1v) is 8.32. The second-order valence-corrected chi connectivity index (χ2v) is 6.93. The highest BCUT2D eigenvalue weighted by Crippen LogP contribution is 2.25. The molecule has 0 aliphatic heterocycles. The molecule has 124 valence electrons. The van der Waals surface area contributed by atoms with Crippen LogP contribution in [0.5, 0.6) is 0 Å². The first-order valence-electron chi connectivity index (χ1n) is 7.51. The van der Waals surface area contributed by atoms with Gasteiger partial charge in [0.2, 0.25) is 11.8 Å². The summed E-state index contributed by atoms with van der Waals surface area (Å²) in [6.07, 6.45) is 1.06. The highest BCUT2D eigenvalue weighted by atomic mass is 32.1. The highest BCUT2D eigenvalue weighted by Gasteiger charge is 2.25. The number of nitrogens with zero attached hydrogens (tertiary/aromatic N) is 1. The van der Waals surface area contributed by atoms with Gasteiger partial charge in [-0.25, -0.2) is 4.98 Å². The number of anilines is 1. The van der Waals surface area contributed by atoms with E-state index < -0.39 is 18.1 Å². The summed E-state index contributed by atoms with van der Waals surface area (Å²) in [5.41, 5.74) is 0. The number of amides is 2. The van der Waals surface area contributed by atoms with E-state index in [0.29, 0.717) is 17.5 Å². The molecular weight excluding hydrogens is 302 g/mol. The topological polar surface area (TPSA) is 91.3 Å². The van der Waals surface area contributed by atoms with Crippen LogP contribution in [-0.2, 0) is 9.59 Å². The Morgan fingerprint density at radius 3 is 2.36 bits per heavy atom. The number of rotatable bonds is 7. The number of carbonyl (C=O) groups is 2. The number of hydrogen-bond donors (Lipinski definition) is 3. The molecule has 1 rings (SSSR count). The van der Waals surface area contributed by atoms with E-state index in [1.54, 1.807) is 27.0 Å². The van der Waals surface area contributed by atoms with Crippen LogP contribution in [0.2, 0.25) is 0 Å². The van der Waals surface area contributed by atoms with E-state index in [4.69, 9.17) is 0 Å². The molecular formula is C15H25N3O3S. The van der Waals surface area contributed by atoms with Crippen molar-refractivity contribution in [1.82, 2.24) is 10.3 Å². The lowest BCUT2D eigenvalue weighted by molar-refractivity contribution is -0.134. The van der Waals surface area contributed by atoms with E-state index in [0.717, 1.165) is 4.88 Å². The quantitative estimate of drug-likeness (QED) is 0.715. The molecule has 0 radical (unpaired) electrons. The van der Waals surface area contributed by atoms with Crippen LogP contribution in [0.3, 0.4) is 0 Å². The third-order valence-electron chi connectivity index (χ3n) is 3.26. The van der Waals surface area contributed by atoms with Crippen LogP contribution < -0.4 is 10.6 Å². The third kappa shape index (κ3) is 5.06. The minimum Gasteiger partial charge on any atom is -0.383 e. The Morgan fingerprint density at radius 1 is 1.27 bits per heavy atom. The monoisotopic (exact) mass is 327 g/mol. The Hall–Kier alpha value is -1.47. The van der Waals surface area contributed by atoms with E-state index in [2.05, 4.69) is 29.5 Å². The fraction of sp³-hybridized carbons (Fsp3) is 0.667. The highest BCUT2D eigenvalue weighted by molar-refractivity contribution is 7.15. The molecule has 1 heterocycles. The lowest BCUT2D eigenvalue weighted by Gasteiger charge is -2.20. The molecule has 7 heteroatoms. The molecule has 0 spiro atoms. The minimum absolute atomic E-state index is 0.201. The van der Waals surface area contributed by atoms with Gasteiger partial charge in [0.15, 0.2) is 5.13 Å². The second-order valence-electron chi connectivity index (χ2n) is 5.87. The van der Waals surface area contributed by atoms with Gasteiger partial charge < -0.3 is 15.7 Å². The van der Waals surface area contributed by atoms with Crippen molar-refractivity contribution < 1.29 is 14.7 Å². The second kappa shape index (κ2) is 8.24. The number of aliphatic hydroxyl groups is 1. The maximum absolute atomic E-state index is 12.2. The first kappa shape index (κ1) is 18.6. The van der Waals surface area contributed by atoms with Crippen molar-refractivity contribution >= 4 is 28.3 Å².